The number of benzene rings is 1. The van der Waals surface area contributed by atoms with E-state index in [-0.39, 0.29) is 24.5 Å². The van der Waals surface area contributed by atoms with Gasteiger partial charge in [-0.2, -0.15) is 0 Å². The van der Waals surface area contributed by atoms with Crippen LogP contribution >= 0.6 is 0 Å². The molecule has 3 rings (SSSR count). The van der Waals surface area contributed by atoms with Gasteiger partial charge in [0.15, 0.2) is 0 Å². The van der Waals surface area contributed by atoms with Crippen molar-refractivity contribution in [3.63, 3.8) is 0 Å². The number of aliphatic hydroxyl groups excluding tert-OH is 1. The second-order valence-electron chi connectivity index (χ2n) is 7.59. The highest BCUT2D eigenvalue weighted by molar-refractivity contribution is 6.35. The van der Waals surface area contributed by atoms with E-state index >= 15 is 0 Å². The Bertz CT molecular complexity index is 595. The minimum atomic E-state index is -0.371. The third kappa shape index (κ3) is 4.64. The monoisotopic (exact) mass is 358 g/mol. The summed E-state index contributed by atoms with van der Waals surface area (Å²) in [5.74, 6) is -0.147. The lowest BCUT2D eigenvalue weighted by Gasteiger charge is -2.37. The zero-order valence-electron chi connectivity index (χ0n) is 15.5. The van der Waals surface area contributed by atoms with Crippen LogP contribution in [0.25, 0.3) is 0 Å². The van der Waals surface area contributed by atoms with E-state index in [1.165, 1.54) is 5.56 Å². The first-order valence-corrected chi connectivity index (χ1v) is 9.93. The van der Waals surface area contributed by atoms with Gasteiger partial charge < -0.3 is 14.9 Å². The SMILES string of the molecule is O=C(C(=O)N1CCCCC1CCO)N1CCC(Cc2ccccc2)CC1. The van der Waals surface area contributed by atoms with Crippen LogP contribution in [0.4, 0.5) is 0 Å². The second kappa shape index (κ2) is 9.17. The molecule has 5 heteroatoms. The number of hydrogen-bond acceptors (Lipinski definition) is 3. The number of amides is 2. The van der Waals surface area contributed by atoms with Gasteiger partial charge in [0.2, 0.25) is 0 Å². The molecule has 2 amide bonds. The third-order valence-electron chi connectivity index (χ3n) is 5.80. The molecule has 0 bridgehead atoms. The van der Waals surface area contributed by atoms with Crippen molar-refractivity contribution in [1.82, 2.24) is 9.80 Å². The van der Waals surface area contributed by atoms with E-state index in [1.54, 1.807) is 9.80 Å². The van der Waals surface area contributed by atoms with Gasteiger partial charge in [-0.3, -0.25) is 9.59 Å². The van der Waals surface area contributed by atoms with E-state index in [0.717, 1.165) is 38.5 Å². The fourth-order valence-electron chi connectivity index (χ4n) is 4.26. The molecule has 2 heterocycles. The van der Waals surface area contributed by atoms with Crippen molar-refractivity contribution in [2.75, 3.05) is 26.2 Å². The van der Waals surface area contributed by atoms with Gasteiger partial charge in [-0.15, -0.1) is 0 Å². The van der Waals surface area contributed by atoms with Gasteiger partial charge in [-0.25, -0.2) is 0 Å². The summed E-state index contributed by atoms with van der Waals surface area (Å²) < 4.78 is 0. The first kappa shape index (κ1) is 18.9. The van der Waals surface area contributed by atoms with E-state index in [4.69, 9.17) is 0 Å². The number of likely N-dealkylation sites (tertiary alicyclic amines) is 2. The van der Waals surface area contributed by atoms with E-state index in [2.05, 4.69) is 24.3 Å². The number of aliphatic hydroxyl groups is 1. The van der Waals surface area contributed by atoms with E-state index in [9.17, 15) is 14.7 Å². The minimum Gasteiger partial charge on any atom is -0.396 e. The molecule has 142 valence electrons. The van der Waals surface area contributed by atoms with Crippen molar-refractivity contribution in [1.29, 1.82) is 0 Å². The van der Waals surface area contributed by atoms with Gasteiger partial charge in [-0.05, 0) is 56.4 Å². The number of carbonyl (C=O) groups excluding carboxylic acids is 2. The van der Waals surface area contributed by atoms with Crippen LogP contribution in [0.2, 0.25) is 0 Å². The maximum Gasteiger partial charge on any atom is 0.312 e. The normalized spacial score (nSPS) is 21.7. The van der Waals surface area contributed by atoms with Crippen LogP contribution in [0.5, 0.6) is 0 Å². The summed E-state index contributed by atoms with van der Waals surface area (Å²) in [5, 5.41) is 9.22. The molecule has 1 N–H and O–H groups in total. The Kier molecular flexibility index (Phi) is 6.67. The molecule has 0 aliphatic carbocycles. The molecule has 0 radical (unpaired) electrons. The van der Waals surface area contributed by atoms with Crippen LogP contribution in [-0.2, 0) is 16.0 Å². The Balaban J connectivity index is 1.51. The average Bonchev–Trinajstić information content (AvgIpc) is 2.69. The van der Waals surface area contributed by atoms with Crippen LogP contribution in [0.15, 0.2) is 30.3 Å². The summed E-state index contributed by atoms with van der Waals surface area (Å²) in [7, 11) is 0. The molecule has 1 atom stereocenters. The largest absolute Gasteiger partial charge is 0.396 e. The van der Waals surface area contributed by atoms with Crippen molar-refractivity contribution in [2.24, 2.45) is 5.92 Å². The molecule has 1 aromatic rings. The van der Waals surface area contributed by atoms with Gasteiger partial charge in [0, 0.05) is 32.3 Å². The first-order chi connectivity index (χ1) is 12.7. The van der Waals surface area contributed by atoms with Crippen molar-refractivity contribution in [2.45, 2.75) is 51.0 Å². The molecule has 1 aromatic carbocycles. The highest BCUT2D eigenvalue weighted by Crippen LogP contribution is 2.24. The molecule has 2 saturated heterocycles. The Morgan fingerprint density at radius 3 is 2.38 bits per heavy atom. The van der Waals surface area contributed by atoms with Crippen molar-refractivity contribution in [3.05, 3.63) is 35.9 Å². The Morgan fingerprint density at radius 2 is 1.69 bits per heavy atom. The highest BCUT2D eigenvalue weighted by Gasteiger charge is 2.34. The lowest BCUT2D eigenvalue weighted by Crippen LogP contribution is -2.52. The second-order valence-corrected chi connectivity index (χ2v) is 7.59. The predicted molar refractivity (Wildman–Crippen MR) is 101 cm³/mol. The van der Waals surface area contributed by atoms with Crippen molar-refractivity contribution in [3.8, 4) is 0 Å². The Labute approximate surface area is 156 Å². The van der Waals surface area contributed by atoms with Crippen LogP contribution < -0.4 is 0 Å². The molecule has 1 unspecified atom stereocenters. The summed E-state index contributed by atoms with van der Waals surface area (Å²) in [5.41, 5.74) is 1.34. The molecule has 0 saturated carbocycles. The smallest absolute Gasteiger partial charge is 0.312 e. The number of piperidine rings is 2. The standard InChI is InChI=1S/C21H30N2O3/c24-15-11-19-8-4-5-12-23(19)21(26)20(25)22-13-9-18(10-14-22)16-17-6-2-1-3-7-17/h1-3,6-7,18-19,24H,4-5,8-16H2. The van der Waals surface area contributed by atoms with Crippen molar-refractivity contribution < 1.29 is 14.7 Å². The Morgan fingerprint density at radius 1 is 0.962 bits per heavy atom. The number of nitrogens with zero attached hydrogens (tertiary/aromatic N) is 2. The van der Waals surface area contributed by atoms with E-state index < -0.39 is 0 Å². The number of rotatable bonds is 4. The zero-order chi connectivity index (χ0) is 18.4. The summed E-state index contributed by atoms with van der Waals surface area (Å²) in [6.45, 7) is 2.04. The predicted octanol–water partition coefficient (Wildman–Crippen LogP) is 2.23. The van der Waals surface area contributed by atoms with Crippen LogP contribution in [0, 0.1) is 5.92 Å². The number of hydrogen-bond donors (Lipinski definition) is 1. The van der Waals surface area contributed by atoms with E-state index in [1.807, 2.05) is 6.07 Å². The zero-order valence-corrected chi connectivity index (χ0v) is 15.5. The topological polar surface area (TPSA) is 60.9 Å². The Hall–Kier alpha value is -1.88. The van der Waals surface area contributed by atoms with Crippen LogP contribution in [-0.4, -0.2) is 59.0 Å². The quantitative estimate of drug-likeness (QED) is 0.840. The molecular weight excluding hydrogens is 328 g/mol. The van der Waals surface area contributed by atoms with Crippen LogP contribution in [0.1, 0.15) is 44.1 Å². The first-order valence-electron chi connectivity index (χ1n) is 9.93. The van der Waals surface area contributed by atoms with Crippen molar-refractivity contribution >= 4 is 11.8 Å². The highest BCUT2D eigenvalue weighted by atomic mass is 16.3. The summed E-state index contributed by atoms with van der Waals surface area (Å²) in [6.07, 6.45) is 6.41. The fraction of sp³-hybridized carbons (Fsp3) is 0.619. The van der Waals surface area contributed by atoms with Gasteiger partial charge in [0.05, 0.1) is 0 Å². The number of carbonyl (C=O) groups is 2. The molecule has 2 aliphatic heterocycles. The van der Waals surface area contributed by atoms with Gasteiger partial charge in [-0.1, -0.05) is 30.3 Å². The molecule has 0 aromatic heterocycles. The molecule has 2 aliphatic rings. The van der Waals surface area contributed by atoms with Crippen LogP contribution in [0.3, 0.4) is 0 Å². The van der Waals surface area contributed by atoms with Gasteiger partial charge >= 0.3 is 11.8 Å². The van der Waals surface area contributed by atoms with E-state index in [0.29, 0.717) is 32.0 Å². The molecule has 26 heavy (non-hydrogen) atoms. The summed E-state index contributed by atoms with van der Waals surface area (Å²) in [4.78, 5) is 28.8. The summed E-state index contributed by atoms with van der Waals surface area (Å²) in [6, 6.07) is 10.5. The molecule has 2 fully saturated rings. The maximum absolute atomic E-state index is 12.7. The lowest BCUT2D eigenvalue weighted by molar-refractivity contribution is -0.155. The molecule has 0 spiro atoms. The van der Waals surface area contributed by atoms with Gasteiger partial charge in [0.25, 0.3) is 0 Å². The molecule has 5 nitrogen and oxygen atoms in total. The minimum absolute atomic E-state index is 0.0146. The fourth-order valence-corrected chi connectivity index (χ4v) is 4.26. The lowest BCUT2D eigenvalue weighted by atomic mass is 9.90. The molecular formula is C21H30N2O3. The third-order valence-corrected chi connectivity index (χ3v) is 5.80. The summed E-state index contributed by atoms with van der Waals surface area (Å²) >= 11 is 0. The van der Waals surface area contributed by atoms with Gasteiger partial charge in [0.1, 0.15) is 0 Å². The maximum atomic E-state index is 12.7. The average molecular weight is 358 g/mol.